The van der Waals surface area contributed by atoms with E-state index in [0.717, 1.165) is 17.2 Å². The third-order valence-corrected chi connectivity index (χ3v) is 6.81. The standard InChI is InChI=1S/C21H23N3S/c1-14-12-25-13-21(17-6-4-16(5-7-17)15-2-3-15)24(14)19-9-8-18-11-22-23-20(18)10-19/h4-11,14-15,21H,2-3,12-13H2,1H3,(H,22,23). The molecule has 1 N–H and O–H groups in total. The Balaban J connectivity index is 1.51. The third kappa shape index (κ3) is 2.82. The molecule has 2 heterocycles. The molecule has 0 radical (unpaired) electrons. The number of aromatic nitrogens is 2. The summed E-state index contributed by atoms with van der Waals surface area (Å²) < 4.78 is 0. The van der Waals surface area contributed by atoms with Crippen molar-refractivity contribution in [1.29, 1.82) is 0 Å². The third-order valence-electron chi connectivity index (χ3n) is 5.54. The number of hydrogen-bond acceptors (Lipinski definition) is 3. The van der Waals surface area contributed by atoms with Crippen molar-refractivity contribution < 1.29 is 0 Å². The van der Waals surface area contributed by atoms with E-state index < -0.39 is 0 Å². The molecule has 4 heteroatoms. The fourth-order valence-electron chi connectivity index (χ4n) is 4.00. The summed E-state index contributed by atoms with van der Waals surface area (Å²) in [5.74, 6) is 3.15. The van der Waals surface area contributed by atoms with Gasteiger partial charge < -0.3 is 4.90 Å². The molecular weight excluding hydrogens is 326 g/mol. The van der Waals surface area contributed by atoms with Crippen LogP contribution in [0.3, 0.4) is 0 Å². The SMILES string of the molecule is CC1CSCC(c2ccc(C3CC3)cc2)N1c1ccc2cn[nH]c2c1. The lowest BCUT2D eigenvalue weighted by atomic mass is 10.0. The predicted octanol–water partition coefficient (Wildman–Crippen LogP) is 5.12. The molecule has 25 heavy (non-hydrogen) atoms. The van der Waals surface area contributed by atoms with Gasteiger partial charge in [0.05, 0.1) is 17.8 Å². The van der Waals surface area contributed by atoms with E-state index in [-0.39, 0.29) is 0 Å². The van der Waals surface area contributed by atoms with Gasteiger partial charge in [-0.2, -0.15) is 16.9 Å². The summed E-state index contributed by atoms with van der Waals surface area (Å²) in [6.07, 6.45) is 4.63. The molecule has 3 nitrogen and oxygen atoms in total. The van der Waals surface area contributed by atoms with Crippen molar-refractivity contribution in [3.8, 4) is 0 Å². The van der Waals surface area contributed by atoms with Gasteiger partial charge in [0, 0.05) is 28.6 Å². The molecule has 1 aliphatic heterocycles. The molecule has 128 valence electrons. The number of anilines is 1. The maximum Gasteiger partial charge on any atom is 0.0670 e. The highest BCUT2D eigenvalue weighted by Crippen LogP contribution is 2.42. The van der Waals surface area contributed by atoms with E-state index in [9.17, 15) is 0 Å². The van der Waals surface area contributed by atoms with Gasteiger partial charge >= 0.3 is 0 Å². The molecule has 2 fully saturated rings. The van der Waals surface area contributed by atoms with Gasteiger partial charge in [0.2, 0.25) is 0 Å². The summed E-state index contributed by atoms with van der Waals surface area (Å²) in [6.45, 7) is 2.34. The normalized spacial score (nSPS) is 24.0. The van der Waals surface area contributed by atoms with Crippen LogP contribution in [0.15, 0.2) is 48.7 Å². The quantitative estimate of drug-likeness (QED) is 0.712. The zero-order chi connectivity index (χ0) is 16.8. The van der Waals surface area contributed by atoms with Crippen LogP contribution in [0.4, 0.5) is 5.69 Å². The average Bonchev–Trinajstić information content (AvgIpc) is 3.39. The van der Waals surface area contributed by atoms with E-state index in [0.29, 0.717) is 12.1 Å². The van der Waals surface area contributed by atoms with Gasteiger partial charge in [-0.05, 0) is 55.0 Å². The van der Waals surface area contributed by atoms with Crippen LogP contribution in [0.5, 0.6) is 0 Å². The highest BCUT2D eigenvalue weighted by Gasteiger charge is 2.30. The van der Waals surface area contributed by atoms with E-state index in [1.165, 1.54) is 40.8 Å². The first-order valence-electron chi connectivity index (χ1n) is 9.18. The lowest BCUT2D eigenvalue weighted by Gasteiger charge is -2.42. The number of aromatic amines is 1. The smallest absolute Gasteiger partial charge is 0.0670 e. The molecule has 2 aliphatic rings. The second kappa shape index (κ2) is 6.10. The number of fused-ring (bicyclic) bond motifs is 1. The second-order valence-corrected chi connectivity index (χ2v) is 8.47. The average molecular weight is 350 g/mol. The molecule has 2 atom stereocenters. The molecule has 0 bridgehead atoms. The van der Waals surface area contributed by atoms with Crippen molar-refractivity contribution in [1.82, 2.24) is 10.2 Å². The fraction of sp³-hybridized carbons (Fsp3) is 0.381. The van der Waals surface area contributed by atoms with Crippen molar-refractivity contribution in [2.45, 2.75) is 37.8 Å². The monoisotopic (exact) mass is 349 g/mol. The summed E-state index contributed by atoms with van der Waals surface area (Å²) in [5.41, 5.74) is 5.37. The molecule has 3 aromatic rings. The van der Waals surface area contributed by atoms with Gasteiger partial charge in [-0.15, -0.1) is 0 Å². The number of hydrogen-bond donors (Lipinski definition) is 1. The molecule has 2 aromatic carbocycles. The molecule has 0 spiro atoms. The fourth-order valence-corrected chi connectivity index (χ4v) is 5.22. The zero-order valence-corrected chi connectivity index (χ0v) is 15.3. The van der Waals surface area contributed by atoms with Crippen LogP contribution in [0.2, 0.25) is 0 Å². The first kappa shape index (κ1) is 15.3. The van der Waals surface area contributed by atoms with Crippen LogP contribution in [-0.4, -0.2) is 27.7 Å². The largest absolute Gasteiger partial charge is 0.360 e. The lowest BCUT2D eigenvalue weighted by molar-refractivity contribution is 0.593. The van der Waals surface area contributed by atoms with Crippen molar-refractivity contribution in [2.75, 3.05) is 16.4 Å². The molecule has 0 amide bonds. The van der Waals surface area contributed by atoms with Gasteiger partial charge in [0.15, 0.2) is 0 Å². The van der Waals surface area contributed by atoms with Crippen molar-refractivity contribution in [2.24, 2.45) is 0 Å². The topological polar surface area (TPSA) is 31.9 Å². The number of benzene rings is 2. The van der Waals surface area contributed by atoms with Gasteiger partial charge in [0.25, 0.3) is 0 Å². The van der Waals surface area contributed by atoms with Crippen molar-refractivity contribution in [3.05, 3.63) is 59.8 Å². The van der Waals surface area contributed by atoms with Gasteiger partial charge in [0.1, 0.15) is 0 Å². The summed E-state index contributed by atoms with van der Waals surface area (Å²) in [6, 6.07) is 17.1. The molecule has 1 aliphatic carbocycles. The van der Waals surface area contributed by atoms with Crippen LogP contribution in [0.25, 0.3) is 10.9 Å². The number of nitrogens with one attached hydrogen (secondary N) is 1. The first-order chi connectivity index (χ1) is 12.3. The van der Waals surface area contributed by atoms with E-state index in [4.69, 9.17) is 0 Å². The zero-order valence-electron chi connectivity index (χ0n) is 14.5. The Morgan fingerprint density at radius 3 is 2.64 bits per heavy atom. The Labute approximate surface area is 152 Å². The van der Waals surface area contributed by atoms with Gasteiger partial charge in [-0.25, -0.2) is 0 Å². The molecule has 1 saturated heterocycles. The Morgan fingerprint density at radius 1 is 1.04 bits per heavy atom. The van der Waals surface area contributed by atoms with Crippen LogP contribution in [0, 0.1) is 0 Å². The minimum Gasteiger partial charge on any atom is -0.360 e. The van der Waals surface area contributed by atoms with Crippen LogP contribution in [0.1, 0.15) is 42.9 Å². The Hall–Kier alpha value is -1.94. The predicted molar refractivity (Wildman–Crippen MR) is 107 cm³/mol. The maximum atomic E-state index is 4.17. The Morgan fingerprint density at radius 2 is 1.84 bits per heavy atom. The van der Waals surface area contributed by atoms with E-state index in [1.54, 1.807) is 0 Å². The molecule has 1 saturated carbocycles. The maximum absolute atomic E-state index is 4.17. The highest BCUT2D eigenvalue weighted by atomic mass is 32.2. The van der Waals surface area contributed by atoms with Crippen LogP contribution < -0.4 is 4.90 Å². The molecule has 1 aromatic heterocycles. The summed E-state index contributed by atoms with van der Waals surface area (Å²) in [7, 11) is 0. The number of rotatable bonds is 3. The minimum atomic E-state index is 0.433. The lowest BCUT2D eigenvalue weighted by Crippen LogP contribution is -2.43. The first-order valence-corrected chi connectivity index (χ1v) is 10.3. The number of thioether (sulfide) groups is 1. The van der Waals surface area contributed by atoms with Crippen LogP contribution in [-0.2, 0) is 0 Å². The van der Waals surface area contributed by atoms with Gasteiger partial charge in [-0.1, -0.05) is 24.3 Å². The highest BCUT2D eigenvalue weighted by molar-refractivity contribution is 7.99. The molecular formula is C21H23N3S. The van der Waals surface area contributed by atoms with Crippen LogP contribution >= 0.6 is 11.8 Å². The summed E-state index contributed by atoms with van der Waals surface area (Å²) >= 11 is 2.07. The Kier molecular flexibility index (Phi) is 3.74. The van der Waals surface area contributed by atoms with E-state index >= 15 is 0 Å². The van der Waals surface area contributed by atoms with Crippen molar-refractivity contribution in [3.63, 3.8) is 0 Å². The molecule has 2 unspecified atom stereocenters. The summed E-state index contributed by atoms with van der Waals surface area (Å²) in [5, 5.41) is 8.46. The molecule has 5 rings (SSSR count). The number of H-pyrrole nitrogens is 1. The minimum absolute atomic E-state index is 0.433. The van der Waals surface area contributed by atoms with Gasteiger partial charge in [-0.3, -0.25) is 5.10 Å². The number of nitrogens with zero attached hydrogens (tertiary/aromatic N) is 2. The van der Waals surface area contributed by atoms with E-state index in [2.05, 4.69) is 76.2 Å². The van der Waals surface area contributed by atoms with Crippen molar-refractivity contribution >= 4 is 28.4 Å². The van der Waals surface area contributed by atoms with E-state index in [1.807, 2.05) is 6.20 Å². The second-order valence-electron chi connectivity index (χ2n) is 7.39. The Bertz CT molecular complexity index is 882. The summed E-state index contributed by atoms with van der Waals surface area (Å²) in [4.78, 5) is 2.60.